The molecule has 90 valence electrons. The van der Waals surface area contributed by atoms with Gasteiger partial charge in [0.25, 0.3) is 0 Å². The predicted octanol–water partition coefficient (Wildman–Crippen LogP) is 4.66. The molecular weight excluding hydrogens is 325 g/mol. The van der Waals surface area contributed by atoms with Gasteiger partial charge in [0.1, 0.15) is 5.82 Å². The molecule has 0 saturated heterocycles. The topological polar surface area (TPSA) is 26.0 Å². The molecule has 0 fully saturated rings. The van der Waals surface area contributed by atoms with Crippen LogP contribution in [0.15, 0.2) is 28.7 Å². The summed E-state index contributed by atoms with van der Waals surface area (Å²) >= 11 is 10.7. The van der Waals surface area contributed by atoms with Crippen LogP contribution in [0.1, 0.15) is 21.4 Å². The molecule has 0 aliphatic heterocycles. The molecule has 0 amide bonds. The summed E-state index contributed by atoms with van der Waals surface area (Å²) in [5, 5.41) is 0.463. The summed E-state index contributed by atoms with van der Waals surface area (Å²) in [5.74, 6) is -0.347. The Balaban J connectivity index is 2.43. The number of thiophene rings is 1. The van der Waals surface area contributed by atoms with E-state index in [4.69, 9.17) is 17.3 Å². The molecule has 0 bridgehead atoms. The Morgan fingerprint density at radius 2 is 2.12 bits per heavy atom. The van der Waals surface area contributed by atoms with Crippen molar-refractivity contribution in [3.05, 3.63) is 54.9 Å². The number of benzene rings is 1. The Hall–Kier alpha value is -0.420. The zero-order valence-electron chi connectivity index (χ0n) is 9.01. The lowest BCUT2D eigenvalue weighted by molar-refractivity contribution is 0.600. The molecule has 1 aromatic carbocycles. The number of hydrogen-bond acceptors (Lipinski definition) is 2. The van der Waals surface area contributed by atoms with Gasteiger partial charge in [0, 0.05) is 19.8 Å². The Bertz CT molecular complexity index is 555. The molecule has 1 nitrogen and oxygen atoms in total. The minimum Gasteiger partial charge on any atom is -0.320 e. The highest BCUT2D eigenvalue weighted by Gasteiger charge is 2.17. The summed E-state index contributed by atoms with van der Waals surface area (Å²) in [5.41, 5.74) is 6.46. The van der Waals surface area contributed by atoms with Crippen LogP contribution in [0.2, 0.25) is 5.02 Å². The summed E-state index contributed by atoms with van der Waals surface area (Å²) < 4.78 is 14.3. The van der Waals surface area contributed by atoms with E-state index in [1.165, 1.54) is 6.07 Å². The first-order valence-corrected chi connectivity index (χ1v) is 6.94. The molecule has 2 aromatic rings. The molecule has 2 rings (SSSR count). The SMILES string of the molecule is Cc1ccc(C(N)c2cc(Cl)c(Br)cc2F)s1. The minimum atomic E-state index is -0.473. The van der Waals surface area contributed by atoms with Crippen molar-refractivity contribution in [3.8, 4) is 0 Å². The normalized spacial score (nSPS) is 12.8. The maximum absolute atomic E-state index is 13.8. The van der Waals surface area contributed by atoms with Gasteiger partial charge < -0.3 is 5.73 Å². The second kappa shape index (κ2) is 5.06. The van der Waals surface area contributed by atoms with E-state index in [0.29, 0.717) is 15.1 Å². The fourth-order valence-electron chi connectivity index (χ4n) is 1.55. The van der Waals surface area contributed by atoms with Gasteiger partial charge in [0.05, 0.1) is 11.1 Å². The van der Waals surface area contributed by atoms with Crippen LogP contribution >= 0.6 is 38.9 Å². The van der Waals surface area contributed by atoms with Crippen molar-refractivity contribution in [2.45, 2.75) is 13.0 Å². The molecule has 0 aliphatic rings. The first-order valence-electron chi connectivity index (χ1n) is 4.95. The molecule has 0 radical (unpaired) electrons. The molecule has 1 aromatic heterocycles. The summed E-state index contributed by atoms with van der Waals surface area (Å²) in [4.78, 5) is 2.08. The van der Waals surface area contributed by atoms with Crippen LogP contribution in [0.3, 0.4) is 0 Å². The number of aryl methyl sites for hydroxylation is 1. The third kappa shape index (κ3) is 2.71. The number of halogens is 3. The van der Waals surface area contributed by atoms with Gasteiger partial charge in [-0.05, 0) is 47.1 Å². The highest BCUT2D eigenvalue weighted by atomic mass is 79.9. The van der Waals surface area contributed by atoms with Crippen molar-refractivity contribution < 1.29 is 4.39 Å². The summed E-state index contributed by atoms with van der Waals surface area (Å²) in [6.45, 7) is 1.99. The van der Waals surface area contributed by atoms with Gasteiger partial charge in [-0.2, -0.15) is 0 Å². The number of rotatable bonds is 2. The van der Waals surface area contributed by atoms with E-state index in [-0.39, 0.29) is 5.82 Å². The molecule has 2 N–H and O–H groups in total. The van der Waals surface area contributed by atoms with Gasteiger partial charge in [0.15, 0.2) is 0 Å². The van der Waals surface area contributed by atoms with Crippen LogP contribution in [0.25, 0.3) is 0 Å². The van der Waals surface area contributed by atoms with E-state index < -0.39 is 6.04 Å². The molecule has 1 heterocycles. The van der Waals surface area contributed by atoms with Crippen LogP contribution in [0.5, 0.6) is 0 Å². The summed E-state index contributed by atoms with van der Waals surface area (Å²) in [6.07, 6.45) is 0. The zero-order chi connectivity index (χ0) is 12.6. The third-order valence-electron chi connectivity index (χ3n) is 2.44. The second-order valence-electron chi connectivity index (χ2n) is 3.71. The lowest BCUT2D eigenvalue weighted by Crippen LogP contribution is -2.12. The smallest absolute Gasteiger partial charge is 0.129 e. The zero-order valence-corrected chi connectivity index (χ0v) is 12.2. The lowest BCUT2D eigenvalue weighted by atomic mass is 10.1. The Labute approximate surface area is 117 Å². The molecule has 0 spiro atoms. The van der Waals surface area contributed by atoms with E-state index in [9.17, 15) is 4.39 Å². The van der Waals surface area contributed by atoms with Crippen LogP contribution in [-0.4, -0.2) is 0 Å². The first kappa shape index (κ1) is 13.0. The maximum atomic E-state index is 13.8. The average molecular weight is 335 g/mol. The highest BCUT2D eigenvalue weighted by molar-refractivity contribution is 9.10. The Kier molecular flexibility index (Phi) is 3.88. The fraction of sp³-hybridized carbons (Fsp3) is 0.167. The third-order valence-corrected chi connectivity index (χ3v) is 4.72. The van der Waals surface area contributed by atoms with Crippen molar-refractivity contribution in [1.29, 1.82) is 0 Å². The van der Waals surface area contributed by atoms with E-state index in [2.05, 4.69) is 15.9 Å². The number of hydrogen-bond donors (Lipinski definition) is 1. The van der Waals surface area contributed by atoms with E-state index in [1.54, 1.807) is 17.4 Å². The second-order valence-corrected chi connectivity index (χ2v) is 6.29. The maximum Gasteiger partial charge on any atom is 0.129 e. The van der Waals surface area contributed by atoms with Crippen molar-refractivity contribution >= 4 is 38.9 Å². The van der Waals surface area contributed by atoms with Crippen molar-refractivity contribution in [2.24, 2.45) is 5.73 Å². The predicted molar refractivity (Wildman–Crippen MR) is 74.2 cm³/mol. The van der Waals surface area contributed by atoms with E-state index in [1.807, 2.05) is 19.1 Å². The molecule has 0 saturated carbocycles. The molecular formula is C12H10BrClFNS. The van der Waals surface area contributed by atoms with Crippen molar-refractivity contribution in [3.63, 3.8) is 0 Å². The van der Waals surface area contributed by atoms with Gasteiger partial charge in [0.2, 0.25) is 0 Å². The standard InChI is InChI=1S/C12H10BrClFNS/c1-6-2-3-11(17-6)12(16)7-4-9(14)8(13)5-10(7)15/h2-5,12H,16H2,1H3. The Morgan fingerprint density at radius 1 is 1.41 bits per heavy atom. The van der Waals surface area contributed by atoms with Gasteiger partial charge in [-0.25, -0.2) is 4.39 Å². The van der Waals surface area contributed by atoms with Crippen LogP contribution in [-0.2, 0) is 0 Å². The van der Waals surface area contributed by atoms with Crippen LogP contribution < -0.4 is 5.73 Å². The molecule has 5 heteroatoms. The van der Waals surface area contributed by atoms with Gasteiger partial charge >= 0.3 is 0 Å². The van der Waals surface area contributed by atoms with E-state index >= 15 is 0 Å². The van der Waals surface area contributed by atoms with Gasteiger partial charge in [-0.1, -0.05) is 11.6 Å². The van der Waals surface area contributed by atoms with Gasteiger partial charge in [-0.15, -0.1) is 11.3 Å². The van der Waals surface area contributed by atoms with E-state index in [0.717, 1.165) is 9.75 Å². The van der Waals surface area contributed by atoms with Crippen molar-refractivity contribution in [2.75, 3.05) is 0 Å². The highest BCUT2D eigenvalue weighted by Crippen LogP contribution is 2.32. The van der Waals surface area contributed by atoms with Crippen LogP contribution in [0, 0.1) is 12.7 Å². The monoisotopic (exact) mass is 333 g/mol. The fourth-order valence-corrected chi connectivity index (χ4v) is 2.94. The number of nitrogens with two attached hydrogens (primary N) is 1. The quantitative estimate of drug-likeness (QED) is 0.794. The molecule has 1 unspecified atom stereocenters. The largest absolute Gasteiger partial charge is 0.320 e. The molecule has 0 aliphatic carbocycles. The molecule has 17 heavy (non-hydrogen) atoms. The Morgan fingerprint density at radius 3 is 2.71 bits per heavy atom. The first-order chi connectivity index (χ1) is 7.99. The summed E-state index contributed by atoms with van der Waals surface area (Å²) in [7, 11) is 0. The summed E-state index contributed by atoms with van der Waals surface area (Å²) in [6, 6.07) is 6.33. The average Bonchev–Trinajstić information content (AvgIpc) is 2.69. The molecule has 1 atom stereocenters. The van der Waals surface area contributed by atoms with Gasteiger partial charge in [-0.3, -0.25) is 0 Å². The lowest BCUT2D eigenvalue weighted by Gasteiger charge is -2.12. The van der Waals surface area contributed by atoms with Crippen molar-refractivity contribution in [1.82, 2.24) is 0 Å². The van der Waals surface area contributed by atoms with Crippen LogP contribution in [0.4, 0.5) is 4.39 Å². The minimum absolute atomic E-state index is 0.347.